The normalized spacial score (nSPS) is 10.4. The minimum atomic E-state index is -0.244. The van der Waals surface area contributed by atoms with Crippen molar-refractivity contribution < 1.29 is 9.90 Å². The molecule has 0 aliphatic rings. The van der Waals surface area contributed by atoms with E-state index in [1.165, 1.54) is 0 Å². The predicted octanol–water partition coefficient (Wildman–Crippen LogP) is 1.22. The van der Waals surface area contributed by atoms with Gasteiger partial charge in [0.2, 0.25) is 0 Å². The van der Waals surface area contributed by atoms with E-state index in [9.17, 15) is 9.90 Å². The van der Waals surface area contributed by atoms with Gasteiger partial charge in [0.1, 0.15) is 0 Å². The lowest BCUT2D eigenvalue weighted by Crippen LogP contribution is -2.34. The Morgan fingerprint density at radius 2 is 1.81 bits per heavy atom. The van der Waals surface area contributed by atoms with Crippen molar-refractivity contribution in [2.45, 2.75) is 26.6 Å². The molecule has 2 aromatic rings. The van der Waals surface area contributed by atoms with Crippen molar-refractivity contribution in [3.63, 3.8) is 0 Å². The molecule has 21 heavy (non-hydrogen) atoms. The molecule has 0 fully saturated rings. The van der Waals surface area contributed by atoms with Gasteiger partial charge in [0.15, 0.2) is 0 Å². The van der Waals surface area contributed by atoms with Gasteiger partial charge < -0.3 is 15.7 Å². The van der Waals surface area contributed by atoms with Gasteiger partial charge in [-0.05, 0) is 18.1 Å². The number of rotatable bonds is 5. The number of carbonyl (C=O) groups excluding carboxylic acids is 1. The van der Waals surface area contributed by atoms with Gasteiger partial charge in [-0.1, -0.05) is 24.3 Å². The molecule has 6 heteroatoms. The Morgan fingerprint density at radius 1 is 1.19 bits per heavy atom. The third kappa shape index (κ3) is 3.82. The molecule has 1 aromatic carbocycles. The number of aliphatic hydroxyl groups is 1. The average Bonchev–Trinajstić information content (AvgIpc) is 2.82. The Morgan fingerprint density at radius 3 is 2.38 bits per heavy atom. The average molecular weight is 288 g/mol. The van der Waals surface area contributed by atoms with Crippen molar-refractivity contribution in [3.05, 3.63) is 52.8 Å². The zero-order valence-corrected chi connectivity index (χ0v) is 12.3. The van der Waals surface area contributed by atoms with E-state index in [0.29, 0.717) is 13.1 Å². The summed E-state index contributed by atoms with van der Waals surface area (Å²) in [5.41, 5.74) is 3.75. The summed E-state index contributed by atoms with van der Waals surface area (Å²) >= 11 is 0. The van der Waals surface area contributed by atoms with E-state index in [1.54, 1.807) is 10.9 Å². The summed E-state index contributed by atoms with van der Waals surface area (Å²) in [4.78, 5) is 11.8. The highest BCUT2D eigenvalue weighted by Gasteiger charge is 2.07. The van der Waals surface area contributed by atoms with E-state index < -0.39 is 0 Å². The predicted molar refractivity (Wildman–Crippen MR) is 79.4 cm³/mol. The fraction of sp³-hybridized carbons (Fsp3) is 0.333. The summed E-state index contributed by atoms with van der Waals surface area (Å²) in [5.74, 6) is 0. The molecule has 0 bridgehead atoms. The largest absolute Gasteiger partial charge is 0.392 e. The van der Waals surface area contributed by atoms with Gasteiger partial charge in [-0.3, -0.25) is 4.68 Å². The lowest BCUT2D eigenvalue weighted by molar-refractivity contribution is 0.239. The molecule has 0 radical (unpaired) electrons. The van der Waals surface area contributed by atoms with Gasteiger partial charge in [0.05, 0.1) is 12.8 Å². The molecular formula is C15H20N4O2. The Hall–Kier alpha value is -2.34. The molecular weight excluding hydrogens is 268 g/mol. The number of benzene rings is 1. The maximum Gasteiger partial charge on any atom is 0.315 e. The van der Waals surface area contributed by atoms with Crippen LogP contribution in [-0.4, -0.2) is 20.9 Å². The number of hydrogen-bond acceptors (Lipinski definition) is 3. The van der Waals surface area contributed by atoms with Crippen LogP contribution in [0, 0.1) is 6.92 Å². The minimum Gasteiger partial charge on any atom is -0.392 e. The van der Waals surface area contributed by atoms with Crippen LogP contribution in [0.2, 0.25) is 0 Å². The Bertz CT molecular complexity index is 622. The summed E-state index contributed by atoms with van der Waals surface area (Å²) in [6.45, 7) is 2.75. The van der Waals surface area contributed by atoms with Crippen LogP contribution in [0.25, 0.3) is 0 Å². The van der Waals surface area contributed by atoms with Crippen LogP contribution < -0.4 is 10.6 Å². The number of hydrogen-bond donors (Lipinski definition) is 3. The smallest absolute Gasteiger partial charge is 0.315 e. The van der Waals surface area contributed by atoms with Crippen molar-refractivity contribution in [2.24, 2.45) is 7.05 Å². The zero-order chi connectivity index (χ0) is 15.2. The fourth-order valence-corrected chi connectivity index (χ4v) is 2.02. The number of urea groups is 1. The molecule has 0 unspecified atom stereocenters. The number of aryl methyl sites for hydroxylation is 1. The van der Waals surface area contributed by atoms with Gasteiger partial charge in [0, 0.05) is 31.4 Å². The highest BCUT2D eigenvalue weighted by atomic mass is 16.3. The first kappa shape index (κ1) is 15.1. The highest BCUT2D eigenvalue weighted by Crippen LogP contribution is 2.08. The molecule has 6 nitrogen and oxygen atoms in total. The molecule has 0 spiro atoms. The van der Waals surface area contributed by atoms with Crippen molar-refractivity contribution in [2.75, 3.05) is 0 Å². The molecule has 0 aliphatic carbocycles. The van der Waals surface area contributed by atoms with Crippen LogP contribution in [0.5, 0.6) is 0 Å². The Balaban J connectivity index is 1.84. The first-order valence-electron chi connectivity index (χ1n) is 6.78. The van der Waals surface area contributed by atoms with E-state index in [1.807, 2.05) is 38.2 Å². The first-order chi connectivity index (χ1) is 10.1. The Kier molecular flexibility index (Phi) is 4.94. The van der Waals surface area contributed by atoms with E-state index in [4.69, 9.17) is 0 Å². The second-order valence-corrected chi connectivity index (χ2v) is 4.84. The molecule has 3 N–H and O–H groups in total. The van der Waals surface area contributed by atoms with E-state index in [2.05, 4.69) is 15.7 Å². The fourth-order valence-electron chi connectivity index (χ4n) is 2.02. The van der Waals surface area contributed by atoms with Crippen LogP contribution in [0.4, 0.5) is 4.79 Å². The number of nitrogens with zero attached hydrogens (tertiary/aromatic N) is 2. The molecule has 112 valence electrons. The summed E-state index contributed by atoms with van der Waals surface area (Å²) in [5, 5.41) is 18.9. The van der Waals surface area contributed by atoms with Crippen molar-refractivity contribution in [1.29, 1.82) is 0 Å². The molecule has 0 saturated heterocycles. The Labute approximate surface area is 123 Å². The molecule has 2 rings (SSSR count). The van der Waals surface area contributed by atoms with Gasteiger partial charge in [-0.15, -0.1) is 0 Å². The monoisotopic (exact) mass is 288 g/mol. The quantitative estimate of drug-likeness (QED) is 0.774. The maximum atomic E-state index is 11.8. The van der Waals surface area contributed by atoms with Gasteiger partial charge >= 0.3 is 6.03 Å². The summed E-state index contributed by atoms with van der Waals surface area (Å²) in [6.07, 6.45) is 1.75. The molecule has 2 amide bonds. The number of amides is 2. The van der Waals surface area contributed by atoms with Crippen molar-refractivity contribution in [3.8, 4) is 0 Å². The van der Waals surface area contributed by atoms with Gasteiger partial charge in [-0.25, -0.2) is 4.79 Å². The molecule has 1 aromatic heterocycles. The number of nitrogens with one attached hydrogen (secondary N) is 2. The third-order valence-electron chi connectivity index (χ3n) is 3.50. The van der Waals surface area contributed by atoms with Crippen LogP contribution >= 0.6 is 0 Å². The molecule has 0 aliphatic heterocycles. The number of aromatic nitrogens is 2. The summed E-state index contributed by atoms with van der Waals surface area (Å²) in [6, 6.07) is 7.23. The standard InChI is InChI=1S/C15H20N4O2/c1-11-14(9-18-19(11)2)8-17-15(21)16-7-12-5-3-4-6-13(12)10-20/h3-6,9,20H,7-8,10H2,1-2H3,(H2,16,17,21). The second kappa shape index (κ2) is 6.90. The lowest BCUT2D eigenvalue weighted by atomic mass is 10.1. The number of aliphatic hydroxyl groups excluding tert-OH is 1. The van der Waals surface area contributed by atoms with Crippen molar-refractivity contribution in [1.82, 2.24) is 20.4 Å². The van der Waals surface area contributed by atoms with Crippen LogP contribution in [0.1, 0.15) is 22.4 Å². The molecule has 0 saturated carbocycles. The highest BCUT2D eigenvalue weighted by molar-refractivity contribution is 5.73. The minimum absolute atomic E-state index is 0.0334. The second-order valence-electron chi connectivity index (χ2n) is 4.84. The van der Waals surface area contributed by atoms with Crippen LogP contribution in [-0.2, 0) is 26.7 Å². The summed E-state index contributed by atoms with van der Waals surface area (Å²) < 4.78 is 1.77. The summed E-state index contributed by atoms with van der Waals surface area (Å²) in [7, 11) is 1.87. The zero-order valence-electron chi connectivity index (χ0n) is 12.3. The maximum absolute atomic E-state index is 11.8. The SMILES string of the molecule is Cc1c(CNC(=O)NCc2ccccc2CO)cnn1C. The lowest BCUT2D eigenvalue weighted by Gasteiger charge is -2.10. The van der Waals surface area contributed by atoms with Crippen LogP contribution in [0.3, 0.4) is 0 Å². The molecule has 1 heterocycles. The van der Waals surface area contributed by atoms with Gasteiger partial charge in [-0.2, -0.15) is 5.10 Å². The van der Waals surface area contributed by atoms with Crippen LogP contribution in [0.15, 0.2) is 30.5 Å². The van der Waals surface area contributed by atoms with Crippen molar-refractivity contribution >= 4 is 6.03 Å². The van der Waals surface area contributed by atoms with E-state index in [-0.39, 0.29) is 12.6 Å². The molecule has 0 atom stereocenters. The van der Waals surface area contributed by atoms with E-state index in [0.717, 1.165) is 22.4 Å². The van der Waals surface area contributed by atoms with E-state index >= 15 is 0 Å². The third-order valence-corrected chi connectivity index (χ3v) is 3.50. The first-order valence-corrected chi connectivity index (χ1v) is 6.78. The topological polar surface area (TPSA) is 79.2 Å². The number of carbonyl (C=O) groups is 1. The van der Waals surface area contributed by atoms with Gasteiger partial charge in [0.25, 0.3) is 0 Å².